The lowest BCUT2D eigenvalue weighted by Gasteiger charge is -2.09. The zero-order valence-electron chi connectivity index (χ0n) is 7.04. The van der Waals surface area contributed by atoms with Gasteiger partial charge in [0.15, 0.2) is 0 Å². The monoisotopic (exact) mass is 170 g/mol. The number of rotatable bonds is 2. The van der Waals surface area contributed by atoms with E-state index in [1.807, 2.05) is 13.8 Å². The van der Waals surface area contributed by atoms with E-state index in [9.17, 15) is 4.39 Å². The summed E-state index contributed by atoms with van der Waals surface area (Å²) < 4.78 is 17.7. The van der Waals surface area contributed by atoms with Gasteiger partial charge in [0, 0.05) is 6.07 Å². The summed E-state index contributed by atoms with van der Waals surface area (Å²) in [4.78, 5) is 3.70. The van der Waals surface area contributed by atoms with Gasteiger partial charge in [0.25, 0.3) is 0 Å². The molecule has 0 spiro atoms. The summed E-state index contributed by atoms with van der Waals surface area (Å²) in [5.74, 6) is -0.171. The van der Waals surface area contributed by atoms with E-state index >= 15 is 0 Å². The van der Waals surface area contributed by atoms with Crippen LogP contribution < -0.4 is 10.5 Å². The second-order valence-corrected chi connectivity index (χ2v) is 2.71. The van der Waals surface area contributed by atoms with Crippen LogP contribution in [0.25, 0.3) is 0 Å². The quantitative estimate of drug-likeness (QED) is 0.733. The molecule has 3 nitrogen and oxygen atoms in total. The minimum atomic E-state index is -0.455. The van der Waals surface area contributed by atoms with Crippen LogP contribution in [-0.2, 0) is 0 Å². The van der Waals surface area contributed by atoms with Gasteiger partial charge in [0.05, 0.1) is 18.0 Å². The number of nitrogens with two attached hydrogens (primary N) is 1. The number of hydrogen-bond acceptors (Lipinski definition) is 3. The van der Waals surface area contributed by atoms with Crippen LogP contribution in [0.15, 0.2) is 12.3 Å². The molecule has 66 valence electrons. The lowest BCUT2D eigenvalue weighted by atomic mass is 10.4. The normalized spacial score (nSPS) is 10.3. The molecule has 1 rings (SSSR count). The van der Waals surface area contributed by atoms with Crippen molar-refractivity contribution in [2.45, 2.75) is 20.0 Å². The van der Waals surface area contributed by atoms with Gasteiger partial charge >= 0.3 is 0 Å². The second-order valence-electron chi connectivity index (χ2n) is 2.71. The Kier molecular flexibility index (Phi) is 2.47. The highest BCUT2D eigenvalue weighted by Gasteiger charge is 2.04. The number of nitrogen functional groups attached to an aromatic ring is 1. The fourth-order valence-corrected chi connectivity index (χ4v) is 0.764. The maximum atomic E-state index is 12.5. The maximum absolute atomic E-state index is 12.5. The van der Waals surface area contributed by atoms with Gasteiger partial charge in [-0.15, -0.1) is 0 Å². The number of hydrogen-bond donors (Lipinski definition) is 1. The first kappa shape index (κ1) is 8.77. The van der Waals surface area contributed by atoms with Gasteiger partial charge in [-0.2, -0.15) is 0 Å². The van der Waals surface area contributed by atoms with Crippen molar-refractivity contribution in [3.8, 4) is 5.88 Å². The Morgan fingerprint density at radius 2 is 2.25 bits per heavy atom. The molecule has 0 radical (unpaired) electrons. The van der Waals surface area contributed by atoms with Crippen LogP contribution in [0.3, 0.4) is 0 Å². The van der Waals surface area contributed by atoms with Crippen molar-refractivity contribution in [2.75, 3.05) is 5.73 Å². The molecule has 0 saturated carbocycles. The van der Waals surface area contributed by atoms with Crippen molar-refractivity contribution in [1.82, 2.24) is 4.98 Å². The standard InChI is InChI=1S/C8H11FN2O/c1-5(2)12-8-7(10)3-6(9)4-11-8/h3-5H,10H2,1-2H3. The molecule has 0 aliphatic rings. The largest absolute Gasteiger partial charge is 0.473 e. The minimum Gasteiger partial charge on any atom is -0.473 e. The van der Waals surface area contributed by atoms with Crippen LogP contribution in [0.2, 0.25) is 0 Å². The fourth-order valence-electron chi connectivity index (χ4n) is 0.764. The molecular formula is C8H11FN2O. The molecule has 0 aliphatic heterocycles. The van der Waals surface area contributed by atoms with Gasteiger partial charge in [-0.25, -0.2) is 9.37 Å². The highest BCUT2D eigenvalue weighted by molar-refractivity contribution is 5.47. The molecular weight excluding hydrogens is 159 g/mol. The Labute approximate surface area is 70.4 Å². The zero-order chi connectivity index (χ0) is 9.14. The van der Waals surface area contributed by atoms with Crippen LogP contribution in [0.5, 0.6) is 5.88 Å². The molecule has 0 amide bonds. The minimum absolute atomic E-state index is 0.00902. The lowest BCUT2D eigenvalue weighted by molar-refractivity contribution is 0.233. The first-order valence-corrected chi connectivity index (χ1v) is 3.67. The SMILES string of the molecule is CC(C)Oc1ncc(F)cc1N. The molecule has 0 unspecified atom stereocenters. The highest BCUT2D eigenvalue weighted by atomic mass is 19.1. The average molecular weight is 170 g/mol. The Morgan fingerprint density at radius 3 is 2.75 bits per heavy atom. The van der Waals surface area contributed by atoms with Crippen molar-refractivity contribution < 1.29 is 9.13 Å². The molecule has 0 saturated heterocycles. The number of nitrogens with zero attached hydrogens (tertiary/aromatic N) is 1. The molecule has 2 N–H and O–H groups in total. The summed E-state index contributed by atoms with van der Waals surface area (Å²) in [6.45, 7) is 3.70. The van der Waals surface area contributed by atoms with Gasteiger partial charge in [-0.3, -0.25) is 0 Å². The number of ether oxygens (including phenoxy) is 1. The third-order valence-electron chi connectivity index (χ3n) is 1.19. The summed E-state index contributed by atoms with van der Waals surface area (Å²) in [6.07, 6.45) is 1.07. The van der Waals surface area contributed by atoms with Gasteiger partial charge in [0.2, 0.25) is 5.88 Å². The number of pyridine rings is 1. The first-order chi connectivity index (χ1) is 5.59. The molecule has 0 aromatic carbocycles. The van der Waals surface area contributed by atoms with E-state index in [2.05, 4.69) is 4.98 Å². The van der Waals surface area contributed by atoms with E-state index < -0.39 is 5.82 Å². The topological polar surface area (TPSA) is 48.1 Å². The van der Waals surface area contributed by atoms with E-state index in [1.165, 1.54) is 6.07 Å². The van der Waals surface area contributed by atoms with Crippen molar-refractivity contribution in [2.24, 2.45) is 0 Å². The molecule has 4 heteroatoms. The van der Waals surface area contributed by atoms with E-state index in [1.54, 1.807) is 0 Å². The molecule has 1 aromatic rings. The number of anilines is 1. The van der Waals surface area contributed by atoms with Crippen LogP contribution in [0, 0.1) is 5.82 Å². The van der Waals surface area contributed by atoms with E-state index in [4.69, 9.17) is 10.5 Å². The van der Waals surface area contributed by atoms with Crippen LogP contribution in [-0.4, -0.2) is 11.1 Å². The zero-order valence-corrected chi connectivity index (χ0v) is 7.04. The third-order valence-corrected chi connectivity index (χ3v) is 1.19. The lowest BCUT2D eigenvalue weighted by Crippen LogP contribution is -2.09. The Hall–Kier alpha value is -1.32. The van der Waals surface area contributed by atoms with Crippen LogP contribution in [0.4, 0.5) is 10.1 Å². The first-order valence-electron chi connectivity index (χ1n) is 3.67. The van der Waals surface area contributed by atoms with Crippen LogP contribution in [0.1, 0.15) is 13.8 Å². The molecule has 0 aliphatic carbocycles. The van der Waals surface area contributed by atoms with E-state index in [0.29, 0.717) is 0 Å². The van der Waals surface area contributed by atoms with Gasteiger partial charge in [0.1, 0.15) is 5.82 Å². The summed E-state index contributed by atoms with van der Waals surface area (Å²) in [7, 11) is 0. The second kappa shape index (κ2) is 3.38. The Morgan fingerprint density at radius 1 is 1.58 bits per heavy atom. The molecule has 1 aromatic heterocycles. The maximum Gasteiger partial charge on any atom is 0.237 e. The Bertz CT molecular complexity index is 276. The van der Waals surface area contributed by atoms with Gasteiger partial charge in [-0.1, -0.05) is 0 Å². The number of aromatic nitrogens is 1. The summed E-state index contributed by atoms with van der Waals surface area (Å²) in [5, 5.41) is 0. The molecule has 0 fully saturated rings. The molecule has 0 bridgehead atoms. The highest BCUT2D eigenvalue weighted by Crippen LogP contribution is 2.18. The fraction of sp³-hybridized carbons (Fsp3) is 0.375. The Balaban J connectivity index is 2.86. The van der Waals surface area contributed by atoms with Crippen molar-refractivity contribution in [3.05, 3.63) is 18.1 Å². The summed E-state index contributed by atoms with van der Waals surface area (Å²) in [5.41, 5.74) is 5.67. The third kappa shape index (κ3) is 2.08. The van der Waals surface area contributed by atoms with E-state index in [-0.39, 0.29) is 17.7 Å². The van der Waals surface area contributed by atoms with Gasteiger partial charge < -0.3 is 10.5 Å². The van der Waals surface area contributed by atoms with Crippen molar-refractivity contribution in [1.29, 1.82) is 0 Å². The van der Waals surface area contributed by atoms with E-state index in [0.717, 1.165) is 6.20 Å². The predicted octanol–water partition coefficient (Wildman–Crippen LogP) is 1.59. The smallest absolute Gasteiger partial charge is 0.237 e. The van der Waals surface area contributed by atoms with Crippen molar-refractivity contribution in [3.63, 3.8) is 0 Å². The van der Waals surface area contributed by atoms with Gasteiger partial charge in [-0.05, 0) is 13.8 Å². The molecule has 12 heavy (non-hydrogen) atoms. The summed E-state index contributed by atoms with van der Waals surface area (Å²) >= 11 is 0. The summed E-state index contributed by atoms with van der Waals surface area (Å²) in [6, 6.07) is 1.19. The molecule has 1 heterocycles. The van der Waals surface area contributed by atoms with Crippen LogP contribution >= 0.6 is 0 Å². The van der Waals surface area contributed by atoms with Crippen molar-refractivity contribution >= 4 is 5.69 Å². The predicted molar refractivity (Wildman–Crippen MR) is 44.4 cm³/mol. The average Bonchev–Trinajstić information content (AvgIpc) is 1.94. The number of halogens is 1. The molecule has 0 atom stereocenters.